The third-order valence-corrected chi connectivity index (χ3v) is 5.40. The van der Waals surface area contributed by atoms with Crippen molar-refractivity contribution in [3.05, 3.63) is 46.0 Å². The highest BCUT2D eigenvalue weighted by Gasteiger charge is 2.44. The predicted octanol–water partition coefficient (Wildman–Crippen LogP) is 1.35. The lowest BCUT2D eigenvalue weighted by molar-refractivity contribution is -0.490. The van der Waals surface area contributed by atoms with Crippen LogP contribution < -0.4 is 5.32 Å². The average molecular weight is 418 g/mol. The Bertz CT molecular complexity index is 809. The minimum atomic E-state index is -0.774. The van der Waals surface area contributed by atoms with Crippen molar-refractivity contribution in [2.45, 2.75) is 39.2 Å². The molecular weight excluding hydrogens is 392 g/mol. The van der Waals surface area contributed by atoms with Gasteiger partial charge in [0.25, 0.3) is 5.91 Å². The van der Waals surface area contributed by atoms with E-state index in [1.807, 2.05) is 30.3 Å². The van der Waals surface area contributed by atoms with Gasteiger partial charge in [0, 0.05) is 23.2 Å². The van der Waals surface area contributed by atoms with Crippen LogP contribution >= 0.6 is 0 Å². The van der Waals surface area contributed by atoms with Gasteiger partial charge in [-0.15, -0.1) is 0 Å². The molecule has 1 saturated carbocycles. The minimum absolute atomic E-state index is 0.182. The first-order valence-corrected chi connectivity index (χ1v) is 9.81. The molecule has 0 bridgehead atoms. The van der Waals surface area contributed by atoms with E-state index in [0.717, 1.165) is 5.56 Å². The maximum Gasteiger partial charge on any atom is 0.307 e. The Hall–Kier alpha value is -3.10. The van der Waals surface area contributed by atoms with Crippen LogP contribution in [0, 0.1) is 27.9 Å². The Kier molecular flexibility index (Phi) is 8.20. The van der Waals surface area contributed by atoms with Gasteiger partial charge < -0.3 is 10.1 Å². The molecule has 162 valence electrons. The number of ether oxygens (including phenoxy) is 1. The summed E-state index contributed by atoms with van der Waals surface area (Å²) in [6, 6.07) is 8.42. The molecule has 0 heterocycles. The Morgan fingerprint density at radius 1 is 1.27 bits per heavy atom. The van der Waals surface area contributed by atoms with E-state index in [1.54, 1.807) is 6.92 Å². The fourth-order valence-corrected chi connectivity index (χ4v) is 3.77. The van der Waals surface area contributed by atoms with Crippen molar-refractivity contribution >= 4 is 23.4 Å². The van der Waals surface area contributed by atoms with E-state index >= 15 is 0 Å². The molecule has 0 aliphatic heterocycles. The van der Waals surface area contributed by atoms with Gasteiger partial charge in [0.2, 0.25) is 6.54 Å². The Balaban J connectivity index is 1.85. The Morgan fingerprint density at radius 2 is 1.93 bits per heavy atom. The lowest BCUT2D eigenvalue weighted by Crippen LogP contribution is -2.43. The molecule has 1 amide bonds. The second-order valence-electron chi connectivity index (χ2n) is 7.72. The summed E-state index contributed by atoms with van der Waals surface area (Å²) in [5, 5.41) is 13.4. The molecule has 0 saturated heterocycles. The van der Waals surface area contributed by atoms with Crippen LogP contribution in [0.1, 0.15) is 32.3 Å². The van der Waals surface area contributed by atoms with Crippen molar-refractivity contribution in [3.8, 4) is 0 Å². The lowest BCUT2D eigenvalue weighted by atomic mass is 9.88. The van der Waals surface area contributed by atoms with Gasteiger partial charge in [0.05, 0.1) is 12.5 Å². The van der Waals surface area contributed by atoms with Crippen LogP contribution in [-0.2, 0) is 30.3 Å². The summed E-state index contributed by atoms with van der Waals surface area (Å²) >= 11 is 0. The maximum absolute atomic E-state index is 12.1. The molecule has 9 heteroatoms. The monoisotopic (exact) mass is 418 g/mol. The summed E-state index contributed by atoms with van der Waals surface area (Å²) in [6.45, 7) is 2.14. The molecule has 2 rings (SSSR count). The summed E-state index contributed by atoms with van der Waals surface area (Å²) in [7, 11) is 0. The predicted molar refractivity (Wildman–Crippen MR) is 106 cm³/mol. The Labute approximate surface area is 174 Å². The average Bonchev–Trinajstić information content (AvgIpc) is 2.93. The molecule has 1 fully saturated rings. The topological polar surface area (TPSA) is 133 Å². The third-order valence-electron chi connectivity index (χ3n) is 5.40. The van der Waals surface area contributed by atoms with E-state index in [-0.39, 0.29) is 36.9 Å². The molecule has 0 unspecified atom stereocenters. The molecule has 1 aromatic rings. The number of nitro groups is 1. The summed E-state index contributed by atoms with van der Waals surface area (Å²) < 4.78 is 4.95. The zero-order chi connectivity index (χ0) is 22.3. The first-order valence-electron chi connectivity index (χ1n) is 9.81. The van der Waals surface area contributed by atoms with E-state index in [2.05, 4.69) is 5.32 Å². The highest BCUT2D eigenvalue weighted by Crippen LogP contribution is 2.36. The number of ketones is 2. The first kappa shape index (κ1) is 23.2. The molecule has 1 aliphatic rings. The smallest absolute Gasteiger partial charge is 0.307 e. The van der Waals surface area contributed by atoms with E-state index in [9.17, 15) is 29.3 Å². The molecule has 0 radical (unpaired) electrons. The maximum atomic E-state index is 12.1. The van der Waals surface area contributed by atoms with Gasteiger partial charge in [-0.2, -0.15) is 0 Å². The zero-order valence-corrected chi connectivity index (χ0v) is 17.0. The number of rotatable bonds is 10. The number of Topliss-reactive ketones (excluding diaryl/α,β-unsaturated/α-hetero) is 2. The highest BCUT2D eigenvalue weighted by atomic mass is 16.6. The van der Waals surface area contributed by atoms with Crippen LogP contribution in [0.3, 0.4) is 0 Å². The van der Waals surface area contributed by atoms with Gasteiger partial charge in [-0.3, -0.25) is 29.3 Å². The van der Waals surface area contributed by atoms with Gasteiger partial charge in [0.15, 0.2) is 12.4 Å². The number of hydrogen-bond donors (Lipinski definition) is 1. The van der Waals surface area contributed by atoms with E-state index in [0.29, 0.717) is 6.42 Å². The normalized spacial score (nSPS) is 21.7. The van der Waals surface area contributed by atoms with E-state index < -0.39 is 41.3 Å². The summed E-state index contributed by atoms with van der Waals surface area (Å²) in [5.74, 6) is -3.31. The molecule has 9 nitrogen and oxygen atoms in total. The van der Waals surface area contributed by atoms with Gasteiger partial charge in [0.1, 0.15) is 5.78 Å². The van der Waals surface area contributed by atoms with Crippen LogP contribution in [0.15, 0.2) is 30.3 Å². The van der Waals surface area contributed by atoms with Crippen LogP contribution in [0.25, 0.3) is 0 Å². The first-order chi connectivity index (χ1) is 14.2. The molecule has 30 heavy (non-hydrogen) atoms. The number of amides is 1. The molecule has 1 aromatic carbocycles. The van der Waals surface area contributed by atoms with Gasteiger partial charge >= 0.3 is 5.97 Å². The molecular formula is C21H26N2O7. The number of hydrogen-bond acceptors (Lipinski definition) is 7. The number of benzene rings is 1. The number of esters is 1. The minimum Gasteiger partial charge on any atom is -0.456 e. The largest absolute Gasteiger partial charge is 0.456 e. The summed E-state index contributed by atoms with van der Waals surface area (Å²) in [5.41, 5.74) is 0.876. The third kappa shape index (κ3) is 6.75. The van der Waals surface area contributed by atoms with Crippen molar-refractivity contribution in [1.29, 1.82) is 0 Å². The van der Waals surface area contributed by atoms with Crippen LogP contribution in [0.2, 0.25) is 0 Å². The van der Waals surface area contributed by atoms with Gasteiger partial charge in [-0.05, 0) is 24.8 Å². The second kappa shape index (κ2) is 10.6. The van der Waals surface area contributed by atoms with Crippen molar-refractivity contribution in [1.82, 2.24) is 5.32 Å². The molecule has 0 spiro atoms. The van der Waals surface area contributed by atoms with Crippen LogP contribution in [-0.4, -0.2) is 47.6 Å². The summed E-state index contributed by atoms with van der Waals surface area (Å²) in [4.78, 5) is 58.5. The summed E-state index contributed by atoms with van der Waals surface area (Å²) in [6.07, 6.45) is 0.207. The van der Waals surface area contributed by atoms with Crippen molar-refractivity contribution in [3.63, 3.8) is 0 Å². The van der Waals surface area contributed by atoms with Crippen molar-refractivity contribution < 1.29 is 28.8 Å². The number of nitrogens with zero attached hydrogens (tertiary/aromatic N) is 1. The highest BCUT2D eigenvalue weighted by molar-refractivity contribution is 5.90. The fraction of sp³-hybridized carbons (Fsp3) is 0.524. The van der Waals surface area contributed by atoms with E-state index in [1.165, 1.54) is 6.92 Å². The molecule has 4 atom stereocenters. The van der Waals surface area contributed by atoms with Gasteiger partial charge in [-0.25, -0.2) is 0 Å². The van der Waals surface area contributed by atoms with Crippen molar-refractivity contribution in [2.24, 2.45) is 17.8 Å². The second-order valence-corrected chi connectivity index (χ2v) is 7.72. The van der Waals surface area contributed by atoms with Crippen LogP contribution in [0.5, 0.6) is 0 Å². The lowest BCUT2D eigenvalue weighted by Gasteiger charge is -2.18. The van der Waals surface area contributed by atoms with Gasteiger partial charge in [-0.1, -0.05) is 37.3 Å². The number of nitrogens with one attached hydrogen (secondary N) is 1. The standard InChI is InChI=1S/C21H26N2O7/c1-13-8-19(25)16(17(13)11-23(28)29)10-21(27)30-12-20(26)22-18(14(2)24)9-15-6-4-3-5-7-15/h3-7,13,16-18H,8-12H2,1-2H3,(H,22,26)/t13-,16+,17+,18-/m0/s1. The fourth-order valence-electron chi connectivity index (χ4n) is 3.77. The van der Waals surface area contributed by atoms with E-state index in [4.69, 9.17) is 4.74 Å². The SMILES string of the molecule is CC(=O)[C@H](Cc1ccccc1)NC(=O)COC(=O)C[C@H]1C(=O)C[C@H](C)[C@H]1C[N+](=O)[O-]. The number of carbonyl (C=O) groups is 4. The van der Waals surface area contributed by atoms with Crippen LogP contribution in [0.4, 0.5) is 0 Å². The zero-order valence-electron chi connectivity index (χ0n) is 17.0. The molecule has 0 aromatic heterocycles. The molecule has 1 N–H and O–H groups in total. The quantitative estimate of drug-likeness (QED) is 0.344. The molecule has 1 aliphatic carbocycles. The Morgan fingerprint density at radius 3 is 2.53 bits per heavy atom. The van der Waals surface area contributed by atoms with Crippen molar-refractivity contribution in [2.75, 3.05) is 13.2 Å². The number of carbonyl (C=O) groups excluding carboxylic acids is 4.